The predicted octanol–water partition coefficient (Wildman–Crippen LogP) is 5.35. The van der Waals surface area contributed by atoms with Gasteiger partial charge >= 0.3 is 0 Å². The van der Waals surface area contributed by atoms with Gasteiger partial charge in [0.25, 0.3) is 0 Å². The second-order valence-corrected chi connectivity index (χ2v) is 11.9. The first kappa shape index (κ1) is 26.7. The molecule has 2 atom stereocenters. The number of nitrogens with one attached hydrogen (secondary N) is 2. The van der Waals surface area contributed by atoms with Gasteiger partial charge in [-0.1, -0.05) is 6.07 Å². The predicted molar refractivity (Wildman–Crippen MR) is 159 cm³/mol. The van der Waals surface area contributed by atoms with Gasteiger partial charge in [-0.3, -0.25) is 9.71 Å². The summed E-state index contributed by atoms with van der Waals surface area (Å²) in [5.41, 5.74) is 7.41. The van der Waals surface area contributed by atoms with Crippen LogP contribution in [0.15, 0.2) is 72.9 Å². The summed E-state index contributed by atoms with van der Waals surface area (Å²) in [6, 6.07) is 21.3. The Labute approximate surface area is 234 Å². The van der Waals surface area contributed by atoms with Gasteiger partial charge in [0.15, 0.2) is 5.11 Å². The van der Waals surface area contributed by atoms with E-state index in [4.69, 9.17) is 17.0 Å². The van der Waals surface area contributed by atoms with Gasteiger partial charge in [-0.05, 0) is 105 Å². The molecule has 0 spiro atoms. The topological polar surface area (TPSA) is 88.5 Å². The van der Waals surface area contributed by atoms with Crippen LogP contribution in [0.1, 0.15) is 40.3 Å². The van der Waals surface area contributed by atoms with E-state index in [2.05, 4.69) is 44.4 Å². The summed E-state index contributed by atoms with van der Waals surface area (Å²) in [6.45, 7) is 6.09. The average molecular weight is 562 g/mol. The van der Waals surface area contributed by atoms with E-state index in [1.54, 1.807) is 19.4 Å². The summed E-state index contributed by atoms with van der Waals surface area (Å²) >= 11 is 5.90. The van der Waals surface area contributed by atoms with Crippen molar-refractivity contribution in [3.8, 4) is 11.4 Å². The molecule has 202 valence electrons. The molecule has 2 N–H and O–H groups in total. The highest BCUT2D eigenvalue weighted by Gasteiger charge is 2.42. The number of ether oxygens (including phenoxy) is 1. The largest absolute Gasteiger partial charge is 0.497 e. The highest BCUT2D eigenvalue weighted by atomic mass is 32.2. The third-order valence-electron chi connectivity index (χ3n) is 7.00. The van der Waals surface area contributed by atoms with E-state index < -0.39 is 10.0 Å². The van der Waals surface area contributed by atoms with Crippen molar-refractivity contribution in [1.82, 2.24) is 14.9 Å². The Kier molecular flexibility index (Phi) is 7.09. The summed E-state index contributed by atoms with van der Waals surface area (Å²) in [5, 5.41) is 4.08. The summed E-state index contributed by atoms with van der Waals surface area (Å²) < 4.78 is 33.8. The standard InChI is InChI=1S/C29H31N5O3S2/c1-18-16-22(11-14-25(18)32-39(5,35)36)34-28(27(31-29(34)38)26-8-6-7-15-30-26)24-17-19(2)33(20(24)3)21-9-12-23(37-4)13-10-21/h6-17,27-28,32H,1-5H3,(H,31,38)/t27-,28+/m1/s1. The SMILES string of the molecule is COc1ccc(-n2c(C)cc([C@H]3[C@@H](c4ccccn4)NC(=S)N3c3ccc(NS(C)(=O)=O)c(C)c3)c2C)cc1. The van der Waals surface area contributed by atoms with E-state index in [1.165, 1.54) is 0 Å². The molecule has 0 radical (unpaired) electrons. The second kappa shape index (κ2) is 10.3. The van der Waals surface area contributed by atoms with Crippen LogP contribution < -0.4 is 19.7 Å². The number of aromatic nitrogens is 2. The molecule has 5 rings (SSSR count). The molecule has 2 aromatic heterocycles. The quantitative estimate of drug-likeness (QED) is 0.294. The van der Waals surface area contributed by atoms with Crippen molar-refractivity contribution in [1.29, 1.82) is 0 Å². The van der Waals surface area contributed by atoms with Crippen LogP contribution in [0, 0.1) is 20.8 Å². The number of pyridine rings is 1. The highest BCUT2D eigenvalue weighted by molar-refractivity contribution is 7.92. The Morgan fingerprint density at radius 3 is 2.33 bits per heavy atom. The van der Waals surface area contributed by atoms with Crippen molar-refractivity contribution in [2.75, 3.05) is 23.0 Å². The Morgan fingerprint density at radius 1 is 1.00 bits per heavy atom. The van der Waals surface area contributed by atoms with E-state index in [1.807, 2.05) is 61.5 Å². The Morgan fingerprint density at radius 2 is 1.72 bits per heavy atom. The molecule has 0 bridgehead atoms. The molecule has 0 saturated carbocycles. The summed E-state index contributed by atoms with van der Waals surface area (Å²) in [4.78, 5) is 6.76. The first-order chi connectivity index (χ1) is 18.6. The molecule has 0 amide bonds. The van der Waals surface area contributed by atoms with E-state index in [9.17, 15) is 8.42 Å². The van der Waals surface area contributed by atoms with E-state index in [0.717, 1.165) is 51.6 Å². The van der Waals surface area contributed by atoms with Crippen LogP contribution >= 0.6 is 12.2 Å². The van der Waals surface area contributed by atoms with Crippen molar-refractivity contribution < 1.29 is 13.2 Å². The number of methoxy groups -OCH3 is 1. The minimum absolute atomic E-state index is 0.196. The first-order valence-electron chi connectivity index (χ1n) is 12.5. The zero-order valence-electron chi connectivity index (χ0n) is 22.5. The first-order valence-corrected chi connectivity index (χ1v) is 14.8. The van der Waals surface area contributed by atoms with Gasteiger partial charge in [0.05, 0.1) is 36.8 Å². The molecule has 2 aromatic carbocycles. The van der Waals surface area contributed by atoms with Gasteiger partial charge in [-0.15, -0.1) is 0 Å². The van der Waals surface area contributed by atoms with Crippen LogP contribution in [-0.2, 0) is 10.0 Å². The Hall–Kier alpha value is -3.89. The number of hydrogen-bond acceptors (Lipinski definition) is 5. The smallest absolute Gasteiger partial charge is 0.229 e. The summed E-state index contributed by atoms with van der Waals surface area (Å²) in [6.07, 6.45) is 2.93. The zero-order chi connectivity index (χ0) is 27.9. The van der Waals surface area contributed by atoms with E-state index in [0.29, 0.717) is 10.8 Å². The van der Waals surface area contributed by atoms with Crippen molar-refractivity contribution in [3.63, 3.8) is 0 Å². The van der Waals surface area contributed by atoms with Crippen molar-refractivity contribution in [2.24, 2.45) is 0 Å². The van der Waals surface area contributed by atoms with Crippen LogP contribution in [0.2, 0.25) is 0 Å². The summed E-state index contributed by atoms with van der Waals surface area (Å²) in [5.74, 6) is 0.803. The summed E-state index contributed by atoms with van der Waals surface area (Å²) in [7, 11) is -1.74. The van der Waals surface area contributed by atoms with Crippen LogP contribution in [-0.4, -0.2) is 36.4 Å². The number of sulfonamides is 1. The van der Waals surface area contributed by atoms with Gasteiger partial charge in [-0.25, -0.2) is 8.42 Å². The third-order valence-corrected chi connectivity index (χ3v) is 7.91. The number of anilines is 2. The number of nitrogens with zero attached hydrogens (tertiary/aromatic N) is 3. The zero-order valence-corrected chi connectivity index (χ0v) is 24.1. The van der Waals surface area contributed by atoms with Gasteiger partial charge in [-0.2, -0.15) is 0 Å². The van der Waals surface area contributed by atoms with Gasteiger partial charge in [0.2, 0.25) is 10.0 Å². The number of aryl methyl sites for hydroxylation is 2. The molecule has 1 fully saturated rings. The number of benzene rings is 2. The molecule has 10 heteroatoms. The number of hydrogen-bond donors (Lipinski definition) is 2. The number of thiocarbonyl (C=S) groups is 1. The molecular weight excluding hydrogens is 530 g/mol. The second-order valence-electron chi connectivity index (χ2n) is 9.73. The lowest BCUT2D eigenvalue weighted by Crippen LogP contribution is -2.29. The fourth-order valence-corrected chi connectivity index (χ4v) is 6.25. The number of rotatable bonds is 7. The third kappa shape index (κ3) is 5.22. The van der Waals surface area contributed by atoms with E-state index in [-0.39, 0.29) is 12.1 Å². The van der Waals surface area contributed by atoms with E-state index >= 15 is 0 Å². The maximum atomic E-state index is 11.8. The Bertz CT molecular complexity index is 1630. The average Bonchev–Trinajstić information content (AvgIpc) is 3.40. The minimum atomic E-state index is -3.40. The van der Waals surface area contributed by atoms with Crippen LogP contribution in [0.5, 0.6) is 5.75 Å². The van der Waals surface area contributed by atoms with Crippen molar-refractivity contribution in [3.05, 3.63) is 101 Å². The maximum Gasteiger partial charge on any atom is 0.229 e. The Balaban J connectivity index is 1.63. The van der Waals surface area contributed by atoms with Crippen molar-refractivity contribution in [2.45, 2.75) is 32.9 Å². The van der Waals surface area contributed by atoms with Crippen LogP contribution in [0.25, 0.3) is 5.69 Å². The molecule has 1 aliphatic rings. The molecule has 3 heterocycles. The molecular formula is C29H31N5O3S2. The molecule has 8 nitrogen and oxygen atoms in total. The lowest BCUT2D eigenvalue weighted by Gasteiger charge is -2.29. The van der Waals surface area contributed by atoms with Gasteiger partial charge < -0.3 is 19.5 Å². The lowest BCUT2D eigenvalue weighted by atomic mass is 9.96. The van der Waals surface area contributed by atoms with Gasteiger partial charge in [0, 0.05) is 29.0 Å². The molecule has 0 unspecified atom stereocenters. The lowest BCUT2D eigenvalue weighted by molar-refractivity contribution is 0.414. The van der Waals surface area contributed by atoms with Crippen LogP contribution in [0.4, 0.5) is 11.4 Å². The fraction of sp³-hybridized carbons (Fsp3) is 0.241. The monoisotopic (exact) mass is 561 g/mol. The minimum Gasteiger partial charge on any atom is -0.497 e. The maximum absolute atomic E-state index is 11.8. The molecule has 1 aliphatic heterocycles. The van der Waals surface area contributed by atoms with Gasteiger partial charge in [0.1, 0.15) is 5.75 Å². The van der Waals surface area contributed by atoms with Crippen molar-refractivity contribution >= 4 is 38.7 Å². The molecule has 4 aromatic rings. The van der Waals surface area contributed by atoms with Crippen LogP contribution in [0.3, 0.4) is 0 Å². The fourth-order valence-electron chi connectivity index (χ4n) is 5.28. The molecule has 1 saturated heterocycles. The highest BCUT2D eigenvalue weighted by Crippen LogP contribution is 2.44. The normalized spacial score (nSPS) is 17.3. The molecule has 39 heavy (non-hydrogen) atoms. The molecule has 0 aliphatic carbocycles.